The molecule has 0 aromatic heterocycles. The number of quaternary nitrogens is 1. The van der Waals surface area contributed by atoms with E-state index < -0.39 is 0 Å². The van der Waals surface area contributed by atoms with Crippen molar-refractivity contribution in [2.45, 2.75) is 277 Å². The highest BCUT2D eigenvalue weighted by Gasteiger charge is 2.34. The van der Waals surface area contributed by atoms with Crippen molar-refractivity contribution >= 4 is 11.9 Å². The van der Waals surface area contributed by atoms with Crippen molar-refractivity contribution in [1.82, 2.24) is 0 Å². The zero-order valence-corrected chi connectivity index (χ0v) is 38.9. The summed E-state index contributed by atoms with van der Waals surface area (Å²) in [6.07, 6.45) is 47.5. The molecular weight excluding hydrogens is 702 g/mol. The molecule has 55 heavy (non-hydrogen) atoms. The summed E-state index contributed by atoms with van der Waals surface area (Å²) in [7, 11) is 6.09. The molecule has 0 aliphatic rings. The van der Waals surface area contributed by atoms with E-state index in [0.717, 1.165) is 38.5 Å². The van der Waals surface area contributed by atoms with Crippen molar-refractivity contribution in [3.05, 3.63) is 0 Å². The molecule has 330 valence electrons. The van der Waals surface area contributed by atoms with Crippen LogP contribution in [-0.2, 0) is 19.1 Å². The third kappa shape index (κ3) is 39.8. The van der Waals surface area contributed by atoms with Crippen molar-refractivity contribution in [2.75, 3.05) is 27.7 Å². The summed E-state index contributed by atoms with van der Waals surface area (Å²) in [4.78, 5) is 26.4. The summed E-state index contributed by atoms with van der Waals surface area (Å²) in [5, 5.41) is 0. The standard InChI is InChI=1S/C49H98NO4.ClH/c1-7-10-13-16-19-22-25-27-29-32-35-38-41-46(42-39-36-33-30-28-26-23-20-17-14-11-8-2)54-48(51)44-43-47(50(4,5)6)49(52)53-45-40-37-34-31-24-21-18-15-12-9-3;/h46-47H,7-45H2,1-6H3;1H/q+1;/p-1/t47-;/m0./s1. The number of ether oxygens (including phenoxy) is 2. The van der Waals surface area contributed by atoms with Gasteiger partial charge in [0.1, 0.15) is 6.10 Å². The molecule has 1 atom stereocenters. The van der Waals surface area contributed by atoms with E-state index in [1.54, 1.807) is 0 Å². The van der Waals surface area contributed by atoms with Crippen LogP contribution in [0.25, 0.3) is 0 Å². The normalized spacial score (nSPS) is 12.2. The first-order chi connectivity index (χ1) is 26.3. The van der Waals surface area contributed by atoms with Gasteiger partial charge in [0.05, 0.1) is 34.2 Å². The molecule has 0 saturated carbocycles. The SMILES string of the molecule is CCCCCCCCCCCCCCC(CCCCCCCCCCCCCC)OC(=O)CC[C@@H](C(=O)OCCCCCCCCCCCC)[N+](C)(C)C.[Cl-]. The Balaban J connectivity index is 0. The number of hydrogen-bond donors (Lipinski definition) is 0. The van der Waals surface area contributed by atoms with Crippen LogP contribution in [0.15, 0.2) is 0 Å². The van der Waals surface area contributed by atoms with Crippen molar-refractivity contribution in [2.24, 2.45) is 0 Å². The Bertz CT molecular complexity index is 772. The van der Waals surface area contributed by atoms with E-state index in [9.17, 15) is 9.59 Å². The second-order valence-corrected chi connectivity index (χ2v) is 18.0. The Morgan fingerprint density at radius 2 is 0.709 bits per heavy atom. The summed E-state index contributed by atoms with van der Waals surface area (Å²) < 4.78 is 12.4. The summed E-state index contributed by atoms with van der Waals surface area (Å²) in [5.74, 6) is -0.311. The minimum atomic E-state index is -0.355. The molecule has 0 radical (unpaired) electrons. The van der Waals surface area contributed by atoms with Gasteiger partial charge in [0.15, 0.2) is 6.04 Å². The van der Waals surface area contributed by atoms with Crippen LogP contribution in [0.2, 0.25) is 0 Å². The number of nitrogens with zero attached hydrogens (tertiary/aromatic N) is 1. The molecular formula is C49H98ClNO4. The van der Waals surface area contributed by atoms with E-state index >= 15 is 0 Å². The number of rotatable bonds is 43. The zero-order chi connectivity index (χ0) is 39.8. The van der Waals surface area contributed by atoms with Crippen molar-refractivity contribution in [3.8, 4) is 0 Å². The number of carbonyl (C=O) groups excluding carboxylic acids is 2. The van der Waals surface area contributed by atoms with E-state index in [1.165, 1.54) is 193 Å². The van der Waals surface area contributed by atoms with Gasteiger partial charge in [0.2, 0.25) is 0 Å². The summed E-state index contributed by atoms with van der Waals surface area (Å²) in [5.41, 5.74) is 0. The Labute approximate surface area is 351 Å². The van der Waals surface area contributed by atoms with Crippen LogP contribution in [0, 0.1) is 0 Å². The molecule has 6 heteroatoms. The lowest BCUT2D eigenvalue weighted by atomic mass is 10.0. The van der Waals surface area contributed by atoms with Gasteiger partial charge >= 0.3 is 11.9 Å². The lowest BCUT2D eigenvalue weighted by Crippen LogP contribution is -3.00. The maximum atomic E-state index is 13.2. The first-order valence-electron chi connectivity index (χ1n) is 24.4. The maximum Gasteiger partial charge on any atom is 0.364 e. The molecule has 0 unspecified atom stereocenters. The van der Waals surface area contributed by atoms with Crippen LogP contribution in [0.5, 0.6) is 0 Å². The monoisotopic (exact) mass is 800 g/mol. The summed E-state index contributed by atoms with van der Waals surface area (Å²) >= 11 is 0. The van der Waals surface area contributed by atoms with E-state index in [1.807, 2.05) is 21.1 Å². The van der Waals surface area contributed by atoms with E-state index in [0.29, 0.717) is 17.5 Å². The van der Waals surface area contributed by atoms with Gasteiger partial charge in [0.25, 0.3) is 0 Å². The third-order valence-corrected chi connectivity index (χ3v) is 11.6. The number of hydrogen-bond acceptors (Lipinski definition) is 4. The molecule has 0 aliphatic heterocycles. The van der Waals surface area contributed by atoms with Crippen LogP contribution in [0.3, 0.4) is 0 Å². The first kappa shape index (κ1) is 56.3. The van der Waals surface area contributed by atoms with Gasteiger partial charge < -0.3 is 26.4 Å². The van der Waals surface area contributed by atoms with Gasteiger partial charge in [-0.3, -0.25) is 4.79 Å². The molecule has 0 aromatic carbocycles. The number of esters is 2. The fraction of sp³-hybridized carbons (Fsp3) is 0.959. The molecule has 0 bridgehead atoms. The van der Waals surface area contributed by atoms with Crippen LogP contribution in [0.1, 0.15) is 265 Å². The van der Waals surface area contributed by atoms with Gasteiger partial charge in [0, 0.05) is 6.42 Å². The van der Waals surface area contributed by atoms with Crippen LogP contribution >= 0.6 is 0 Å². The maximum absolute atomic E-state index is 13.2. The van der Waals surface area contributed by atoms with Crippen LogP contribution in [0.4, 0.5) is 0 Å². The highest BCUT2D eigenvalue weighted by Crippen LogP contribution is 2.21. The van der Waals surface area contributed by atoms with Gasteiger partial charge in [-0.25, -0.2) is 4.79 Å². The van der Waals surface area contributed by atoms with Crippen molar-refractivity contribution in [1.29, 1.82) is 0 Å². The smallest absolute Gasteiger partial charge is 0.364 e. The van der Waals surface area contributed by atoms with Gasteiger partial charge in [-0.15, -0.1) is 0 Å². The van der Waals surface area contributed by atoms with Gasteiger partial charge in [-0.2, -0.15) is 0 Å². The highest BCUT2D eigenvalue weighted by atomic mass is 35.5. The third-order valence-electron chi connectivity index (χ3n) is 11.6. The van der Waals surface area contributed by atoms with E-state index in [4.69, 9.17) is 9.47 Å². The summed E-state index contributed by atoms with van der Waals surface area (Å²) in [6.45, 7) is 7.32. The second-order valence-electron chi connectivity index (χ2n) is 18.0. The Kier molecular flexibility index (Phi) is 43.8. The van der Waals surface area contributed by atoms with Crippen LogP contribution in [-0.4, -0.2) is 56.3 Å². The molecule has 0 N–H and O–H groups in total. The second kappa shape index (κ2) is 42.8. The lowest BCUT2D eigenvalue weighted by molar-refractivity contribution is -0.887. The van der Waals surface area contributed by atoms with E-state index in [-0.39, 0.29) is 42.9 Å². The predicted octanol–water partition coefficient (Wildman–Crippen LogP) is 12.4. The fourth-order valence-electron chi connectivity index (χ4n) is 7.87. The minimum absolute atomic E-state index is 0. The average molecular weight is 801 g/mol. The molecule has 0 aliphatic carbocycles. The topological polar surface area (TPSA) is 52.6 Å². The lowest BCUT2D eigenvalue weighted by Gasteiger charge is -2.32. The molecule has 0 amide bonds. The quantitative estimate of drug-likeness (QED) is 0.0350. The molecule has 0 aromatic rings. The first-order valence-corrected chi connectivity index (χ1v) is 24.4. The Hall–Kier alpha value is -0.810. The highest BCUT2D eigenvalue weighted by molar-refractivity contribution is 5.76. The van der Waals surface area contributed by atoms with E-state index in [2.05, 4.69) is 20.8 Å². The van der Waals surface area contributed by atoms with Crippen LogP contribution < -0.4 is 12.4 Å². The van der Waals surface area contributed by atoms with Crippen molar-refractivity contribution < 1.29 is 36.0 Å². The number of likely N-dealkylation sites (N-methyl/N-ethyl adjacent to an activating group) is 1. The van der Waals surface area contributed by atoms with Gasteiger partial charge in [-0.1, -0.05) is 220 Å². The predicted molar refractivity (Wildman–Crippen MR) is 235 cm³/mol. The number of unbranched alkanes of at least 4 members (excludes halogenated alkanes) is 31. The molecule has 0 heterocycles. The number of halogens is 1. The van der Waals surface area contributed by atoms with Crippen molar-refractivity contribution in [3.63, 3.8) is 0 Å². The molecule has 0 saturated heterocycles. The Morgan fingerprint density at radius 3 is 1.02 bits per heavy atom. The number of carbonyl (C=O) groups is 2. The summed E-state index contributed by atoms with van der Waals surface area (Å²) in [6, 6.07) is -0.355. The zero-order valence-electron chi connectivity index (χ0n) is 38.2. The minimum Gasteiger partial charge on any atom is -1.00 e. The molecule has 5 nitrogen and oxygen atoms in total. The largest absolute Gasteiger partial charge is 1.00 e. The average Bonchev–Trinajstić information content (AvgIpc) is 3.14. The molecule has 0 rings (SSSR count). The fourth-order valence-corrected chi connectivity index (χ4v) is 7.87. The Morgan fingerprint density at radius 1 is 0.418 bits per heavy atom. The molecule has 0 fully saturated rings. The van der Waals surface area contributed by atoms with Gasteiger partial charge in [-0.05, 0) is 32.1 Å². The molecule has 0 spiro atoms.